The van der Waals surface area contributed by atoms with E-state index in [0.29, 0.717) is 6.01 Å². The third kappa shape index (κ3) is 2.04. The predicted molar refractivity (Wildman–Crippen MR) is 55.7 cm³/mol. The summed E-state index contributed by atoms with van der Waals surface area (Å²) < 4.78 is 4.86. The molecule has 2 rings (SSSR count). The quantitative estimate of drug-likeness (QED) is 0.807. The molecule has 0 aliphatic rings. The zero-order valence-corrected chi connectivity index (χ0v) is 8.21. The lowest BCUT2D eigenvalue weighted by atomic mass is 10.1. The molecule has 0 saturated heterocycles. The van der Waals surface area contributed by atoms with Crippen LogP contribution >= 0.6 is 0 Å². The van der Waals surface area contributed by atoms with Crippen molar-refractivity contribution in [2.45, 2.75) is 0 Å². The van der Waals surface area contributed by atoms with Crippen LogP contribution in [0, 0.1) is 0 Å². The summed E-state index contributed by atoms with van der Waals surface area (Å²) in [5.74, 6) is 0.244. The van der Waals surface area contributed by atoms with Crippen molar-refractivity contribution in [1.29, 1.82) is 0 Å². The van der Waals surface area contributed by atoms with Crippen LogP contribution in [0.4, 0.5) is 0 Å². The van der Waals surface area contributed by atoms with E-state index in [4.69, 9.17) is 9.84 Å². The largest absolute Gasteiger partial charge is 0.508 e. The first-order valence-electron chi connectivity index (χ1n) is 4.45. The molecule has 0 aliphatic heterocycles. The molecule has 1 aromatic carbocycles. The molecular formula is C11H10N2O2. The van der Waals surface area contributed by atoms with Crippen LogP contribution in [0.3, 0.4) is 0 Å². The fourth-order valence-electron chi connectivity index (χ4n) is 1.22. The average Bonchev–Trinajstić information content (AvgIpc) is 2.30. The first kappa shape index (κ1) is 9.45. The van der Waals surface area contributed by atoms with Crippen LogP contribution in [-0.2, 0) is 0 Å². The monoisotopic (exact) mass is 202 g/mol. The van der Waals surface area contributed by atoms with Crippen molar-refractivity contribution < 1.29 is 9.84 Å². The Balaban J connectivity index is 2.33. The van der Waals surface area contributed by atoms with Crippen molar-refractivity contribution in [1.82, 2.24) is 9.97 Å². The SMILES string of the molecule is COc1ncc(-c2ccc(O)cc2)cn1. The Labute approximate surface area is 87.2 Å². The molecule has 0 radical (unpaired) electrons. The Morgan fingerprint density at radius 2 is 1.60 bits per heavy atom. The highest BCUT2D eigenvalue weighted by molar-refractivity contribution is 5.62. The maximum absolute atomic E-state index is 9.13. The maximum Gasteiger partial charge on any atom is 0.316 e. The molecule has 2 aromatic rings. The standard InChI is InChI=1S/C11H10N2O2/c1-15-11-12-6-9(7-13-11)8-2-4-10(14)5-3-8/h2-7,14H,1H3. The molecule has 15 heavy (non-hydrogen) atoms. The predicted octanol–water partition coefficient (Wildman–Crippen LogP) is 1.86. The van der Waals surface area contributed by atoms with Crippen LogP contribution in [0.1, 0.15) is 0 Å². The molecule has 4 nitrogen and oxygen atoms in total. The second-order valence-electron chi connectivity index (χ2n) is 3.01. The zero-order valence-electron chi connectivity index (χ0n) is 8.21. The van der Waals surface area contributed by atoms with E-state index in [9.17, 15) is 0 Å². The van der Waals surface area contributed by atoms with E-state index in [2.05, 4.69) is 9.97 Å². The number of aromatic hydroxyl groups is 1. The number of hydrogen-bond donors (Lipinski definition) is 1. The summed E-state index contributed by atoms with van der Waals surface area (Å²) in [6, 6.07) is 7.21. The summed E-state index contributed by atoms with van der Waals surface area (Å²) in [6.07, 6.45) is 3.36. The summed E-state index contributed by atoms with van der Waals surface area (Å²) in [7, 11) is 1.52. The van der Waals surface area contributed by atoms with Gasteiger partial charge < -0.3 is 9.84 Å². The van der Waals surface area contributed by atoms with Crippen LogP contribution < -0.4 is 4.74 Å². The first-order valence-corrected chi connectivity index (χ1v) is 4.45. The highest BCUT2D eigenvalue weighted by Crippen LogP contribution is 2.20. The number of rotatable bonds is 2. The summed E-state index contributed by atoms with van der Waals surface area (Å²) in [5.41, 5.74) is 1.84. The molecule has 0 spiro atoms. The van der Waals surface area contributed by atoms with Crippen molar-refractivity contribution in [2.75, 3.05) is 7.11 Å². The van der Waals surface area contributed by atoms with Gasteiger partial charge in [-0.2, -0.15) is 0 Å². The van der Waals surface area contributed by atoms with Gasteiger partial charge in [0.15, 0.2) is 0 Å². The van der Waals surface area contributed by atoms with E-state index < -0.39 is 0 Å². The molecule has 76 valence electrons. The van der Waals surface area contributed by atoms with Crippen LogP contribution in [0.15, 0.2) is 36.7 Å². The van der Waals surface area contributed by atoms with Gasteiger partial charge in [-0.25, -0.2) is 9.97 Å². The van der Waals surface area contributed by atoms with Gasteiger partial charge in [-0.15, -0.1) is 0 Å². The van der Waals surface area contributed by atoms with Gasteiger partial charge in [-0.1, -0.05) is 12.1 Å². The van der Waals surface area contributed by atoms with Crippen molar-refractivity contribution in [3.8, 4) is 22.9 Å². The Kier molecular flexibility index (Phi) is 2.49. The molecule has 0 fully saturated rings. The summed E-state index contributed by atoms with van der Waals surface area (Å²) in [6.45, 7) is 0. The topological polar surface area (TPSA) is 55.2 Å². The van der Waals surface area contributed by atoms with Gasteiger partial charge in [0.2, 0.25) is 0 Å². The summed E-state index contributed by atoms with van der Waals surface area (Å²) in [5, 5.41) is 9.13. The third-order valence-electron chi connectivity index (χ3n) is 2.01. The molecular weight excluding hydrogens is 192 g/mol. The van der Waals surface area contributed by atoms with Crippen molar-refractivity contribution >= 4 is 0 Å². The second-order valence-corrected chi connectivity index (χ2v) is 3.01. The number of phenols is 1. The van der Waals surface area contributed by atoms with Gasteiger partial charge in [0, 0.05) is 18.0 Å². The zero-order chi connectivity index (χ0) is 10.7. The van der Waals surface area contributed by atoms with Gasteiger partial charge in [0.1, 0.15) is 5.75 Å². The van der Waals surface area contributed by atoms with Gasteiger partial charge in [0.25, 0.3) is 0 Å². The molecule has 4 heteroatoms. The summed E-state index contributed by atoms with van der Waals surface area (Å²) >= 11 is 0. The number of hydrogen-bond acceptors (Lipinski definition) is 4. The van der Waals surface area contributed by atoms with E-state index in [0.717, 1.165) is 11.1 Å². The van der Waals surface area contributed by atoms with E-state index in [1.165, 1.54) is 7.11 Å². The van der Waals surface area contributed by atoms with Gasteiger partial charge in [0.05, 0.1) is 7.11 Å². The van der Waals surface area contributed by atoms with Crippen molar-refractivity contribution in [2.24, 2.45) is 0 Å². The molecule has 0 unspecified atom stereocenters. The van der Waals surface area contributed by atoms with E-state index >= 15 is 0 Å². The van der Waals surface area contributed by atoms with Crippen molar-refractivity contribution in [3.63, 3.8) is 0 Å². The number of ether oxygens (including phenoxy) is 1. The maximum atomic E-state index is 9.13. The molecule has 0 aliphatic carbocycles. The smallest absolute Gasteiger partial charge is 0.316 e. The fraction of sp³-hybridized carbons (Fsp3) is 0.0909. The Morgan fingerprint density at radius 1 is 1.00 bits per heavy atom. The minimum atomic E-state index is 0.244. The molecule has 1 aromatic heterocycles. The fourth-order valence-corrected chi connectivity index (χ4v) is 1.22. The minimum absolute atomic E-state index is 0.244. The highest BCUT2D eigenvalue weighted by Gasteiger charge is 1.99. The first-order chi connectivity index (χ1) is 7.29. The summed E-state index contributed by atoms with van der Waals surface area (Å²) in [4.78, 5) is 8.00. The lowest BCUT2D eigenvalue weighted by Gasteiger charge is -2.01. The Bertz CT molecular complexity index is 437. The van der Waals surface area contributed by atoms with Gasteiger partial charge >= 0.3 is 6.01 Å². The van der Waals surface area contributed by atoms with Gasteiger partial charge in [-0.3, -0.25) is 0 Å². The molecule has 0 saturated carbocycles. The molecule has 0 atom stereocenters. The third-order valence-corrected chi connectivity index (χ3v) is 2.01. The van der Waals surface area contributed by atoms with Gasteiger partial charge in [-0.05, 0) is 17.7 Å². The highest BCUT2D eigenvalue weighted by atomic mass is 16.5. The van der Waals surface area contributed by atoms with Crippen LogP contribution in [0.5, 0.6) is 11.8 Å². The second kappa shape index (κ2) is 3.96. The van der Waals surface area contributed by atoms with E-state index in [-0.39, 0.29) is 5.75 Å². The lowest BCUT2D eigenvalue weighted by Crippen LogP contribution is -1.91. The Hall–Kier alpha value is -2.10. The number of aromatic nitrogens is 2. The lowest BCUT2D eigenvalue weighted by molar-refractivity contribution is 0.380. The Morgan fingerprint density at radius 3 is 2.13 bits per heavy atom. The number of methoxy groups -OCH3 is 1. The normalized spacial score (nSPS) is 9.93. The number of nitrogens with zero attached hydrogens (tertiary/aromatic N) is 2. The van der Waals surface area contributed by atoms with E-state index in [1.807, 2.05) is 0 Å². The molecule has 0 bridgehead atoms. The minimum Gasteiger partial charge on any atom is -0.508 e. The van der Waals surface area contributed by atoms with Crippen molar-refractivity contribution in [3.05, 3.63) is 36.7 Å². The molecule has 1 N–H and O–H groups in total. The van der Waals surface area contributed by atoms with Crippen LogP contribution in [0.25, 0.3) is 11.1 Å². The number of benzene rings is 1. The van der Waals surface area contributed by atoms with E-state index in [1.54, 1.807) is 36.7 Å². The molecule has 1 heterocycles. The molecule has 0 amide bonds. The average molecular weight is 202 g/mol. The van der Waals surface area contributed by atoms with Crippen LogP contribution in [-0.4, -0.2) is 22.2 Å². The van der Waals surface area contributed by atoms with Crippen LogP contribution in [0.2, 0.25) is 0 Å². The number of phenolic OH excluding ortho intramolecular Hbond substituents is 1.